The van der Waals surface area contributed by atoms with Crippen molar-refractivity contribution in [3.8, 4) is 17.2 Å². The highest BCUT2D eigenvalue weighted by Crippen LogP contribution is 2.23. The van der Waals surface area contributed by atoms with Crippen LogP contribution in [0.5, 0.6) is 17.2 Å². The second kappa shape index (κ2) is 9.27. The number of methoxy groups -OCH3 is 3. The Kier molecular flexibility index (Phi) is 6.79. The van der Waals surface area contributed by atoms with Crippen molar-refractivity contribution in [2.24, 2.45) is 0 Å². The van der Waals surface area contributed by atoms with Gasteiger partial charge in [0.2, 0.25) is 0 Å². The maximum Gasteiger partial charge on any atom is 0.337 e. The average Bonchev–Trinajstić information content (AvgIpc) is 2.70. The summed E-state index contributed by atoms with van der Waals surface area (Å²) < 4.78 is 20.7. The highest BCUT2D eigenvalue weighted by Gasteiger charge is 2.13. The Labute approximate surface area is 151 Å². The molecule has 0 atom stereocenters. The van der Waals surface area contributed by atoms with Crippen LogP contribution in [0.3, 0.4) is 0 Å². The van der Waals surface area contributed by atoms with Gasteiger partial charge in [-0.1, -0.05) is 12.1 Å². The maximum absolute atomic E-state index is 12.0. The summed E-state index contributed by atoms with van der Waals surface area (Å²) >= 11 is 0. The highest BCUT2D eigenvalue weighted by molar-refractivity contribution is 5.94. The molecule has 0 radical (unpaired) electrons. The van der Waals surface area contributed by atoms with Gasteiger partial charge in [-0.05, 0) is 42.0 Å². The lowest BCUT2D eigenvalue weighted by Crippen LogP contribution is -2.13. The lowest BCUT2D eigenvalue weighted by Gasteiger charge is -2.11. The predicted octanol–water partition coefficient (Wildman–Crippen LogP) is 3.15. The number of esters is 1. The van der Waals surface area contributed by atoms with Gasteiger partial charge in [-0.3, -0.25) is 4.79 Å². The van der Waals surface area contributed by atoms with Crippen LogP contribution >= 0.6 is 0 Å². The van der Waals surface area contributed by atoms with Crippen LogP contribution in [0.2, 0.25) is 0 Å². The molecular weight excluding hydrogens is 336 g/mol. The summed E-state index contributed by atoms with van der Waals surface area (Å²) in [5, 5.41) is 0. The fourth-order valence-electron chi connectivity index (χ4n) is 2.22. The van der Waals surface area contributed by atoms with Gasteiger partial charge in [-0.2, -0.15) is 0 Å². The maximum atomic E-state index is 12.0. The minimum absolute atomic E-state index is 0.0497. The Morgan fingerprint density at radius 1 is 0.962 bits per heavy atom. The molecule has 0 fully saturated rings. The minimum Gasteiger partial charge on any atom is -0.497 e. The summed E-state index contributed by atoms with van der Waals surface area (Å²) in [6.45, 7) is -0.0497. The van der Waals surface area contributed by atoms with E-state index in [4.69, 9.17) is 18.9 Å². The number of hydrogen-bond donors (Lipinski definition) is 0. The lowest BCUT2D eigenvalue weighted by molar-refractivity contribution is -0.136. The Morgan fingerprint density at radius 3 is 2.19 bits per heavy atom. The first-order valence-electron chi connectivity index (χ1n) is 7.80. The van der Waals surface area contributed by atoms with Gasteiger partial charge >= 0.3 is 5.97 Å². The van der Waals surface area contributed by atoms with E-state index in [1.54, 1.807) is 43.5 Å². The molecule has 0 saturated carbocycles. The highest BCUT2D eigenvalue weighted by atomic mass is 16.5. The van der Waals surface area contributed by atoms with Crippen molar-refractivity contribution in [3.05, 3.63) is 59.2 Å². The molecule has 0 bridgehead atoms. The van der Waals surface area contributed by atoms with E-state index in [9.17, 15) is 9.59 Å². The zero-order valence-corrected chi connectivity index (χ0v) is 14.9. The summed E-state index contributed by atoms with van der Waals surface area (Å²) in [5.41, 5.74) is 1.43. The van der Waals surface area contributed by atoms with Crippen LogP contribution in [-0.2, 0) is 9.53 Å². The molecule has 0 spiro atoms. The standard InChI is InChI=1S/C20H20O6/c1-23-17-6-4-14(5-7-17)10-16(20(22)25-3)13-26-19-9-8-18(24-2)11-15(19)12-21/h4-12H,13H2,1-3H3/b16-10-. The van der Waals surface area contributed by atoms with Crippen LogP contribution in [0.4, 0.5) is 0 Å². The lowest BCUT2D eigenvalue weighted by atomic mass is 10.1. The molecule has 0 amide bonds. The van der Waals surface area contributed by atoms with Crippen LogP contribution in [-0.4, -0.2) is 40.2 Å². The van der Waals surface area contributed by atoms with Crippen LogP contribution < -0.4 is 14.2 Å². The molecule has 0 aliphatic carbocycles. The fraction of sp³-hybridized carbons (Fsp3) is 0.200. The first kappa shape index (κ1) is 19.1. The first-order chi connectivity index (χ1) is 12.6. The summed E-state index contributed by atoms with van der Waals surface area (Å²) in [6, 6.07) is 12.1. The van der Waals surface area contributed by atoms with Crippen LogP contribution in [0.25, 0.3) is 6.08 Å². The molecular formula is C20H20O6. The number of carbonyl (C=O) groups is 2. The quantitative estimate of drug-likeness (QED) is 0.411. The molecule has 0 saturated heterocycles. The summed E-state index contributed by atoms with van der Waals surface area (Å²) in [7, 11) is 4.39. The average molecular weight is 356 g/mol. The van der Waals surface area contributed by atoms with Crippen molar-refractivity contribution in [2.45, 2.75) is 0 Å². The van der Waals surface area contributed by atoms with Crippen molar-refractivity contribution in [3.63, 3.8) is 0 Å². The zero-order chi connectivity index (χ0) is 18.9. The fourth-order valence-corrected chi connectivity index (χ4v) is 2.22. The summed E-state index contributed by atoms with van der Waals surface area (Å²) in [5.74, 6) is 1.10. The number of carbonyl (C=O) groups excluding carboxylic acids is 2. The van der Waals surface area contributed by atoms with Gasteiger partial charge < -0.3 is 18.9 Å². The summed E-state index contributed by atoms with van der Waals surface area (Å²) in [4.78, 5) is 23.3. The van der Waals surface area contributed by atoms with E-state index in [1.807, 2.05) is 12.1 Å². The molecule has 136 valence electrons. The topological polar surface area (TPSA) is 71.1 Å². The van der Waals surface area contributed by atoms with E-state index >= 15 is 0 Å². The number of hydrogen-bond acceptors (Lipinski definition) is 6. The molecule has 2 aromatic carbocycles. The number of aldehydes is 1. The number of rotatable bonds is 8. The first-order valence-corrected chi connectivity index (χ1v) is 7.80. The van der Waals surface area contributed by atoms with Gasteiger partial charge in [-0.15, -0.1) is 0 Å². The number of ether oxygens (including phenoxy) is 4. The van der Waals surface area contributed by atoms with Crippen LogP contribution in [0, 0.1) is 0 Å². The van der Waals surface area contributed by atoms with E-state index in [2.05, 4.69) is 0 Å². The molecule has 26 heavy (non-hydrogen) atoms. The van der Waals surface area contributed by atoms with E-state index in [1.165, 1.54) is 14.2 Å². The Balaban J connectivity index is 2.21. The number of benzene rings is 2. The molecule has 6 nitrogen and oxygen atoms in total. The molecule has 2 aromatic rings. The van der Waals surface area contributed by atoms with Crippen LogP contribution in [0.15, 0.2) is 48.0 Å². The van der Waals surface area contributed by atoms with Gasteiger partial charge in [-0.25, -0.2) is 4.79 Å². The predicted molar refractivity (Wildman–Crippen MR) is 96.9 cm³/mol. The van der Waals surface area contributed by atoms with Crippen molar-refractivity contribution >= 4 is 18.3 Å². The molecule has 0 aliphatic rings. The Bertz CT molecular complexity index is 792. The van der Waals surface area contributed by atoms with E-state index in [0.29, 0.717) is 34.7 Å². The van der Waals surface area contributed by atoms with E-state index in [-0.39, 0.29) is 6.61 Å². The monoisotopic (exact) mass is 356 g/mol. The zero-order valence-electron chi connectivity index (χ0n) is 14.9. The van der Waals surface area contributed by atoms with Gasteiger partial charge in [0.15, 0.2) is 6.29 Å². The Hall–Kier alpha value is -3.28. The third kappa shape index (κ3) is 4.86. The van der Waals surface area contributed by atoms with E-state index in [0.717, 1.165) is 5.56 Å². The van der Waals surface area contributed by atoms with Crippen LogP contribution in [0.1, 0.15) is 15.9 Å². The van der Waals surface area contributed by atoms with Gasteiger partial charge in [0.25, 0.3) is 0 Å². The third-order valence-corrected chi connectivity index (χ3v) is 3.63. The Morgan fingerprint density at radius 2 is 1.62 bits per heavy atom. The van der Waals surface area contributed by atoms with Crippen molar-refractivity contribution in [2.75, 3.05) is 27.9 Å². The van der Waals surface area contributed by atoms with Gasteiger partial charge in [0.1, 0.15) is 23.9 Å². The molecule has 6 heteroatoms. The third-order valence-electron chi connectivity index (χ3n) is 3.63. The second-order valence-corrected chi connectivity index (χ2v) is 5.24. The largest absolute Gasteiger partial charge is 0.497 e. The van der Waals surface area contributed by atoms with Gasteiger partial charge in [0.05, 0.1) is 32.5 Å². The van der Waals surface area contributed by atoms with Crippen molar-refractivity contribution in [1.29, 1.82) is 0 Å². The normalized spacial score (nSPS) is 10.8. The molecule has 0 unspecified atom stereocenters. The molecule has 0 aliphatic heterocycles. The summed E-state index contributed by atoms with van der Waals surface area (Å²) in [6.07, 6.45) is 2.33. The molecule has 0 aromatic heterocycles. The van der Waals surface area contributed by atoms with Crippen molar-refractivity contribution in [1.82, 2.24) is 0 Å². The van der Waals surface area contributed by atoms with E-state index < -0.39 is 5.97 Å². The molecule has 0 N–H and O–H groups in total. The van der Waals surface area contributed by atoms with Crippen molar-refractivity contribution < 1.29 is 28.5 Å². The molecule has 0 heterocycles. The minimum atomic E-state index is -0.512. The van der Waals surface area contributed by atoms with Gasteiger partial charge in [0, 0.05) is 0 Å². The smallest absolute Gasteiger partial charge is 0.337 e. The second-order valence-electron chi connectivity index (χ2n) is 5.24. The SMILES string of the molecule is COC(=O)/C(=C\c1ccc(OC)cc1)COc1ccc(OC)cc1C=O. The molecule has 2 rings (SSSR count).